The molecule has 2 aromatic carbocycles. The van der Waals surface area contributed by atoms with Gasteiger partial charge in [0, 0.05) is 29.7 Å². The quantitative estimate of drug-likeness (QED) is 0.579. The Balaban J connectivity index is 1.56. The maximum Gasteiger partial charge on any atom is 0.256 e. The van der Waals surface area contributed by atoms with Gasteiger partial charge in [-0.1, -0.05) is 42.3 Å². The van der Waals surface area contributed by atoms with E-state index in [2.05, 4.69) is 10.4 Å². The Morgan fingerprint density at radius 1 is 1.09 bits per heavy atom. The highest BCUT2D eigenvalue weighted by atomic mass is 35.5. The Labute approximate surface area is 193 Å². The van der Waals surface area contributed by atoms with Crippen molar-refractivity contribution < 1.29 is 13.2 Å². The summed E-state index contributed by atoms with van der Waals surface area (Å²) in [5, 5.41) is 7.72. The summed E-state index contributed by atoms with van der Waals surface area (Å²) in [6.45, 7) is 3.17. The third kappa shape index (κ3) is 4.72. The molecule has 4 rings (SSSR count). The van der Waals surface area contributed by atoms with Crippen LogP contribution in [0.3, 0.4) is 0 Å². The van der Waals surface area contributed by atoms with Crippen molar-refractivity contribution in [3.63, 3.8) is 0 Å². The summed E-state index contributed by atoms with van der Waals surface area (Å²) in [7, 11) is -3.64. The molecule has 1 saturated heterocycles. The van der Waals surface area contributed by atoms with Crippen LogP contribution in [0.25, 0.3) is 0 Å². The number of carbonyl (C=O) groups is 1. The number of benzene rings is 2. The van der Waals surface area contributed by atoms with E-state index in [1.54, 1.807) is 42.1 Å². The fourth-order valence-corrected chi connectivity index (χ4v) is 5.77. The molecule has 168 valence electrons. The summed E-state index contributed by atoms with van der Waals surface area (Å²) >= 11 is 6.24. The highest BCUT2D eigenvalue weighted by Crippen LogP contribution is 2.25. The molecule has 3 aromatic rings. The van der Waals surface area contributed by atoms with E-state index in [1.165, 1.54) is 10.4 Å². The first-order valence-corrected chi connectivity index (χ1v) is 12.4. The van der Waals surface area contributed by atoms with Gasteiger partial charge in [0.15, 0.2) is 0 Å². The minimum absolute atomic E-state index is 0.177. The number of carbonyl (C=O) groups excluding carboxylic acids is 1. The molecule has 0 atom stereocenters. The molecule has 7 nitrogen and oxygen atoms in total. The Hall–Kier alpha value is -2.68. The van der Waals surface area contributed by atoms with Gasteiger partial charge in [-0.15, -0.1) is 0 Å². The number of aromatic nitrogens is 2. The van der Waals surface area contributed by atoms with Gasteiger partial charge in [-0.3, -0.25) is 4.79 Å². The summed E-state index contributed by atoms with van der Waals surface area (Å²) in [5.41, 5.74) is 1.77. The lowest BCUT2D eigenvalue weighted by Crippen LogP contribution is -2.36. The monoisotopic (exact) mass is 472 g/mol. The normalized spacial score (nSPS) is 14.9. The molecule has 2 heterocycles. The maximum atomic E-state index is 13.2. The number of hydrogen-bond acceptors (Lipinski definition) is 4. The van der Waals surface area contributed by atoms with Gasteiger partial charge in [0.2, 0.25) is 10.0 Å². The van der Waals surface area contributed by atoms with E-state index in [-0.39, 0.29) is 10.5 Å². The first kappa shape index (κ1) is 22.5. The largest absolute Gasteiger partial charge is 0.307 e. The third-order valence-corrected chi connectivity index (χ3v) is 8.03. The predicted octanol–water partition coefficient (Wildman–Crippen LogP) is 4.32. The zero-order chi connectivity index (χ0) is 22.7. The average molecular weight is 473 g/mol. The molecule has 1 aromatic heterocycles. The van der Waals surface area contributed by atoms with Crippen LogP contribution in [-0.2, 0) is 16.6 Å². The fourth-order valence-electron chi connectivity index (χ4n) is 3.80. The maximum absolute atomic E-state index is 13.2. The van der Waals surface area contributed by atoms with Gasteiger partial charge in [-0.2, -0.15) is 9.40 Å². The van der Waals surface area contributed by atoms with E-state index in [9.17, 15) is 13.2 Å². The number of nitrogens with one attached hydrogen (secondary N) is 1. The Morgan fingerprint density at radius 3 is 2.59 bits per heavy atom. The SMILES string of the molecule is Cc1ccc(C(=O)Nc2ccnn2Cc2ccccc2Cl)cc1S(=O)(=O)N1CCCCC1. The second-order valence-corrected chi connectivity index (χ2v) is 10.2. The van der Waals surface area contributed by atoms with Crippen LogP contribution in [0.15, 0.2) is 59.6 Å². The van der Waals surface area contributed by atoms with Crippen molar-refractivity contribution in [2.45, 2.75) is 37.6 Å². The van der Waals surface area contributed by atoms with Crippen molar-refractivity contribution in [3.8, 4) is 0 Å². The van der Waals surface area contributed by atoms with Crippen LogP contribution in [0.1, 0.15) is 40.7 Å². The molecule has 0 bridgehead atoms. The molecule has 1 amide bonds. The van der Waals surface area contributed by atoms with E-state index in [0.717, 1.165) is 24.8 Å². The zero-order valence-electron chi connectivity index (χ0n) is 17.8. The van der Waals surface area contributed by atoms with Gasteiger partial charge in [-0.05, 0) is 49.1 Å². The van der Waals surface area contributed by atoms with E-state index in [0.29, 0.717) is 36.0 Å². The lowest BCUT2D eigenvalue weighted by atomic mass is 10.1. The van der Waals surface area contributed by atoms with Gasteiger partial charge in [0.1, 0.15) is 5.82 Å². The lowest BCUT2D eigenvalue weighted by molar-refractivity contribution is 0.102. The van der Waals surface area contributed by atoms with E-state index in [4.69, 9.17) is 11.6 Å². The smallest absolute Gasteiger partial charge is 0.256 e. The molecular weight excluding hydrogens is 448 g/mol. The Kier molecular flexibility index (Phi) is 6.64. The summed E-state index contributed by atoms with van der Waals surface area (Å²) in [6.07, 6.45) is 4.34. The zero-order valence-corrected chi connectivity index (χ0v) is 19.4. The molecule has 1 aliphatic heterocycles. The number of anilines is 1. The number of halogens is 1. The Bertz CT molecular complexity index is 1230. The van der Waals surface area contributed by atoms with Gasteiger partial charge in [0.25, 0.3) is 5.91 Å². The van der Waals surface area contributed by atoms with Crippen molar-refractivity contribution in [3.05, 3.63) is 76.4 Å². The van der Waals surface area contributed by atoms with Gasteiger partial charge in [0.05, 0.1) is 17.6 Å². The highest BCUT2D eigenvalue weighted by Gasteiger charge is 2.28. The summed E-state index contributed by atoms with van der Waals surface area (Å²) in [5.74, 6) is 0.0944. The van der Waals surface area contributed by atoms with Crippen LogP contribution in [0.4, 0.5) is 5.82 Å². The minimum Gasteiger partial charge on any atom is -0.307 e. The molecule has 1 fully saturated rings. The second-order valence-electron chi connectivity index (χ2n) is 7.86. The van der Waals surface area contributed by atoms with E-state index >= 15 is 0 Å². The molecule has 0 radical (unpaired) electrons. The molecule has 1 aliphatic rings. The Morgan fingerprint density at radius 2 is 1.84 bits per heavy atom. The van der Waals surface area contributed by atoms with E-state index < -0.39 is 15.9 Å². The molecule has 0 spiro atoms. The molecule has 9 heteroatoms. The number of sulfonamides is 1. The van der Waals surface area contributed by atoms with Crippen LogP contribution in [0, 0.1) is 6.92 Å². The lowest BCUT2D eigenvalue weighted by Gasteiger charge is -2.26. The average Bonchev–Trinajstić information content (AvgIpc) is 3.22. The molecular formula is C23H25ClN4O3S. The van der Waals surface area contributed by atoms with Crippen LogP contribution in [0.5, 0.6) is 0 Å². The number of rotatable bonds is 6. The minimum atomic E-state index is -3.64. The number of nitrogens with zero attached hydrogens (tertiary/aromatic N) is 3. The predicted molar refractivity (Wildman–Crippen MR) is 125 cm³/mol. The molecule has 0 saturated carbocycles. The van der Waals surface area contributed by atoms with Crippen LogP contribution in [-0.4, -0.2) is 41.5 Å². The van der Waals surface area contributed by atoms with Crippen molar-refractivity contribution in [1.29, 1.82) is 0 Å². The third-order valence-electron chi connectivity index (χ3n) is 5.62. The topological polar surface area (TPSA) is 84.3 Å². The van der Waals surface area contributed by atoms with Crippen LogP contribution < -0.4 is 5.32 Å². The molecule has 0 unspecified atom stereocenters. The highest BCUT2D eigenvalue weighted by molar-refractivity contribution is 7.89. The van der Waals surface area contributed by atoms with E-state index in [1.807, 2.05) is 18.2 Å². The second kappa shape index (κ2) is 9.44. The summed E-state index contributed by atoms with van der Waals surface area (Å²) in [6, 6.07) is 13.9. The molecule has 32 heavy (non-hydrogen) atoms. The van der Waals surface area contributed by atoms with Gasteiger partial charge < -0.3 is 5.32 Å². The summed E-state index contributed by atoms with van der Waals surface area (Å²) < 4.78 is 29.5. The number of piperidine rings is 1. The van der Waals surface area contributed by atoms with Crippen molar-refractivity contribution >= 4 is 33.3 Å². The van der Waals surface area contributed by atoms with Crippen molar-refractivity contribution in [2.24, 2.45) is 0 Å². The summed E-state index contributed by atoms with van der Waals surface area (Å²) in [4.78, 5) is 13.1. The molecule has 1 N–H and O–H groups in total. The van der Waals surface area contributed by atoms with Crippen molar-refractivity contribution in [2.75, 3.05) is 18.4 Å². The molecule has 0 aliphatic carbocycles. The standard InChI is InChI=1S/C23H25ClN4O3S/c1-17-9-10-18(15-21(17)32(30,31)27-13-5-2-6-14-27)23(29)26-22-11-12-25-28(22)16-19-7-3-4-8-20(19)24/h3-4,7-12,15H,2,5-6,13-14,16H2,1H3,(H,26,29). The first-order chi connectivity index (χ1) is 15.4. The van der Waals surface area contributed by atoms with Crippen molar-refractivity contribution in [1.82, 2.24) is 14.1 Å². The number of aryl methyl sites for hydroxylation is 1. The number of amides is 1. The van der Waals surface area contributed by atoms with Crippen LogP contribution >= 0.6 is 11.6 Å². The number of hydrogen-bond donors (Lipinski definition) is 1. The first-order valence-electron chi connectivity index (χ1n) is 10.5. The van der Waals surface area contributed by atoms with Crippen LogP contribution in [0.2, 0.25) is 5.02 Å². The van der Waals surface area contributed by atoms with Gasteiger partial charge in [-0.25, -0.2) is 13.1 Å². The van der Waals surface area contributed by atoms with Gasteiger partial charge >= 0.3 is 0 Å². The fraction of sp³-hybridized carbons (Fsp3) is 0.304.